The lowest BCUT2D eigenvalue weighted by Crippen LogP contribution is -2.24. The molecule has 0 spiro atoms. The average molecular weight is 234 g/mol. The van der Waals surface area contributed by atoms with Crippen LogP contribution >= 0.6 is 0 Å². The van der Waals surface area contributed by atoms with Crippen molar-refractivity contribution in [3.8, 4) is 0 Å². The molecule has 1 N–H and O–H groups in total. The maximum Gasteiger partial charge on any atom is 0.224 e. The number of hydrogen-bond acceptors (Lipinski definition) is 3. The third-order valence-corrected chi connectivity index (χ3v) is 2.41. The van der Waals surface area contributed by atoms with Gasteiger partial charge in [-0.05, 0) is 24.0 Å². The minimum atomic E-state index is -1.21. The first-order valence-electron chi connectivity index (χ1n) is 5.59. The number of aliphatic carboxylic acids is 1. The molecule has 0 radical (unpaired) electrons. The molecule has 0 unspecified atom stereocenters. The highest BCUT2D eigenvalue weighted by Crippen LogP contribution is 2.23. The predicted molar refractivity (Wildman–Crippen MR) is 63.4 cm³/mol. The second-order valence-corrected chi connectivity index (χ2v) is 4.16. The van der Waals surface area contributed by atoms with Crippen LogP contribution in [-0.2, 0) is 9.59 Å². The highest BCUT2D eigenvalue weighted by molar-refractivity contribution is 5.93. The SMILES string of the molecule is CC(C)c1ccccc1NC(=O)CCC(=O)[O-]. The summed E-state index contributed by atoms with van der Waals surface area (Å²) in [4.78, 5) is 21.7. The van der Waals surface area contributed by atoms with E-state index < -0.39 is 5.97 Å². The lowest BCUT2D eigenvalue weighted by molar-refractivity contribution is -0.305. The Morgan fingerprint density at radius 2 is 1.88 bits per heavy atom. The Morgan fingerprint density at radius 1 is 1.24 bits per heavy atom. The molecule has 0 aliphatic heterocycles. The van der Waals surface area contributed by atoms with Crippen molar-refractivity contribution in [2.75, 3.05) is 5.32 Å². The first-order valence-corrected chi connectivity index (χ1v) is 5.59. The fraction of sp³-hybridized carbons (Fsp3) is 0.385. The summed E-state index contributed by atoms with van der Waals surface area (Å²) in [5.41, 5.74) is 1.78. The van der Waals surface area contributed by atoms with Gasteiger partial charge in [0.05, 0.1) is 0 Å². The normalized spacial score (nSPS) is 10.3. The zero-order valence-corrected chi connectivity index (χ0v) is 10.0. The molecule has 1 rings (SSSR count). The van der Waals surface area contributed by atoms with Crippen molar-refractivity contribution in [3.63, 3.8) is 0 Å². The molecule has 92 valence electrons. The number of carboxylic acids is 1. The number of para-hydroxylation sites is 1. The van der Waals surface area contributed by atoms with E-state index in [2.05, 4.69) is 5.32 Å². The Labute approximate surface area is 101 Å². The van der Waals surface area contributed by atoms with Gasteiger partial charge in [0.1, 0.15) is 0 Å². The van der Waals surface area contributed by atoms with Gasteiger partial charge in [0.25, 0.3) is 0 Å². The first kappa shape index (κ1) is 13.2. The number of rotatable bonds is 5. The topological polar surface area (TPSA) is 69.2 Å². The van der Waals surface area contributed by atoms with Gasteiger partial charge >= 0.3 is 0 Å². The van der Waals surface area contributed by atoms with Crippen molar-refractivity contribution in [1.82, 2.24) is 0 Å². The second kappa shape index (κ2) is 6.03. The summed E-state index contributed by atoms with van der Waals surface area (Å²) in [5, 5.41) is 13.0. The number of benzene rings is 1. The van der Waals surface area contributed by atoms with E-state index in [4.69, 9.17) is 0 Å². The van der Waals surface area contributed by atoms with Gasteiger partial charge in [-0.2, -0.15) is 0 Å². The number of carbonyl (C=O) groups is 2. The summed E-state index contributed by atoms with van der Waals surface area (Å²) in [6.07, 6.45) is -0.315. The molecule has 0 bridgehead atoms. The van der Waals surface area contributed by atoms with Gasteiger partial charge in [-0.1, -0.05) is 32.0 Å². The zero-order chi connectivity index (χ0) is 12.8. The lowest BCUT2D eigenvalue weighted by Gasteiger charge is -2.13. The Morgan fingerprint density at radius 3 is 2.47 bits per heavy atom. The van der Waals surface area contributed by atoms with Gasteiger partial charge in [-0.3, -0.25) is 4.79 Å². The van der Waals surface area contributed by atoms with Crippen LogP contribution in [0.4, 0.5) is 5.69 Å². The number of carbonyl (C=O) groups excluding carboxylic acids is 2. The van der Waals surface area contributed by atoms with Crippen LogP contribution < -0.4 is 10.4 Å². The second-order valence-electron chi connectivity index (χ2n) is 4.16. The van der Waals surface area contributed by atoms with Crippen LogP contribution in [0.1, 0.15) is 38.2 Å². The number of anilines is 1. The molecule has 17 heavy (non-hydrogen) atoms. The van der Waals surface area contributed by atoms with Crippen LogP contribution in [-0.4, -0.2) is 11.9 Å². The van der Waals surface area contributed by atoms with Gasteiger partial charge in [0, 0.05) is 18.1 Å². The number of carboxylic acid groups (broad SMARTS) is 1. The van der Waals surface area contributed by atoms with Crippen LogP contribution in [0.2, 0.25) is 0 Å². The Balaban J connectivity index is 2.68. The van der Waals surface area contributed by atoms with Crippen LogP contribution in [0.3, 0.4) is 0 Å². The van der Waals surface area contributed by atoms with Gasteiger partial charge in [0.2, 0.25) is 5.91 Å². The molecule has 0 fully saturated rings. The third-order valence-electron chi connectivity index (χ3n) is 2.41. The maximum atomic E-state index is 11.5. The summed E-state index contributed by atoms with van der Waals surface area (Å²) in [5.74, 6) is -1.22. The summed E-state index contributed by atoms with van der Waals surface area (Å²) in [7, 11) is 0. The van der Waals surface area contributed by atoms with Gasteiger partial charge in [-0.25, -0.2) is 0 Å². The van der Waals surface area contributed by atoms with Crippen LogP contribution in [0, 0.1) is 0 Å². The molecular weight excluding hydrogens is 218 g/mol. The molecule has 1 aromatic rings. The number of nitrogens with one attached hydrogen (secondary N) is 1. The van der Waals surface area contributed by atoms with E-state index in [0.29, 0.717) is 5.92 Å². The predicted octanol–water partition coefficient (Wildman–Crippen LogP) is 1.28. The fourth-order valence-electron chi connectivity index (χ4n) is 1.54. The van der Waals surface area contributed by atoms with E-state index in [1.54, 1.807) is 0 Å². The van der Waals surface area contributed by atoms with E-state index in [1.807, 2.05) is 38.1 Å². The molecule has 4 nitrogen and oxygen atoms in total. The monoisotopic (exact) mass is 234 g/mol. The fourth-order valence-corrected chi connectivity index (χ4v) is 1.54. The van der Waals surface area contributed by atoms with Crippen LogP contribution in [0.15, 0.2) is 24.3 Å². The molecule has 0 saturated heterocycles. The molecule has 0 aromatic heterocycles. The highest BCUT2D eigenvalue weighted by Gasteiger charge is 2.08. The summed E-state index contributed by atoms with van der Waals surface area (Å²) in [6.45, 7) is 4.07. The molecular formula is C13H16NO3-. The summed E-state index contributed by atoms with van der Waals surface area (Å²) in [6, 6.07) is 7.50. The average Bonchev–Trinajstić information content (AvgIpc) is 2.27. The molecule has 4 heteroatoms. The third kappa shape index (κ3) is 4.26. The van der Waals surface area contributed by atoms with Crippen molar-refractivity contribution in [2.24, 2.45) is 0 Å². The lowest BCUT2D eigenvalue weighted by atomic mass is 10.0. The van der Waals surface area contributed by atoms with Gasteiger partial charge in [0.15, 0.2) is 0 Å². The maximum absolute atomic E-state index is 11.5. The molecule has 1 amide bonds. The largest absolute Gasteiger partial charge is 0.550 e. The zero-order valence-electron chi connectivity index (χ0n) is 10.0. The molecule has 1 aromatic carbocycles. The van der Waals surface area contributed by atoms with E-state index in [1.165, 1.54) is 0 Å². The van der Waals surface area contributed by atoms with E-state index in [9.17, 15) is 14.7 Å². The Hall–Kier alpha value is -1.84. The summed E-state index contributed by atoms with van der Waals surface area (Å²) >= 11 is 0. The highest BCUT2D eigenvalue weighted by atomic mass is 16.4. The molecule has 0 heterocycles. The Bertz CT molecular complexity index is 413. The van der Waals surface area contributed by atoms with Crippen LogP contribution in [0.25, 0.3) is 0 Å². The quantitative estimate of drug-likeness (QED) is 0.834. The molecule has 0 aliphatic carbocycles. The van der Waals surface area contributed by atoms with Crippen LogP contribution in [0.5, 0.6) is 0 Å². The van der Waals surface area contributed by atoms with Crippen molar-refractivity contribution in [3.05, 3.63) is 29.8 Å². The standard InChI is InChI=1S/C13H17NO3/c1-9(2)10-5-3-4-6-11(10)14-12(15)7-8-13(16)17/h3-6,9H,7-8H2,1-2H3,(H,14,15)(H,16,17)/p-1. The van der Waals surface area contributed by atoms with Crippen molar-refractivity contribution < 1.29 is 14.7 Å². The smallest absolute Gasteiger partial charge is 0.224 e. The van der Waals surface area contributed by atoms with E-state index in [0.717, 1.165) is 11.3 Å². The molecule has 0 aliphatic rings. The first-order chi connectivity index (χ1) is 8.00. The van der Waals surface area contributed by atoms with Crippen molar-refractivity contribution in [1.29, 1.82) is 0 Å². The van der Waals surface area contributed by atoms with E-state index >= 15 is 0 Å². The van der Waals surface area contributed by atoms with Gasteiger partial charge < -0.3 is 15.2 Å². The van der Waals surface area contributed by atoms with Crippen molar-refractivity contribution >= 4 is 17.6 Å². The number of amides is 1. The molecule has 0 saturated carbocycles. The van der Waals surface area contributed by atoms with Crippen molar-refractivity contribution in [2.45, 2.75) is 32.6 Å². The summed E-state index contributed by atoms with van der Waals surface area (Å²) < 4.78 is 0. The Kier molecular flexibility index (Phi) is 4.69. The van der Waals surface area contributed by atoms with E-state index in [-0.39, 0.29) is 18.7 Å². The minimum Gasteiger partial charge on any atom is -0.550 e. The minimum absolute atomic E-state index is 0.0608. The number of hydrogen-bond donors (Lipinski definition) is 1. The van der Waals surface area contributed by atoms with Gasteiger partial charge in [-0.15, -0.1) is 0 Å². The molecule has 0 atom stereocenters.